The molecule has 0 saturated heterocycles. The zero-order valence-electron chi connectivity index (χ0n) is 7.69. The molecule has 2 heterocycles. The number of pyridine rings is 1. The predicted molar refractivity (Wildman–Crippen MR) is 57.4 cm³/mol. The van der Waals surface area contributed by atoms with E-state index in [2.05, 4.69) is 15.0 Å². The number of H-pyrrole nitrogens is 1. The lowest BCUT2D eigenvalue weighted by Gasteiger charge is -2.00. The summed E-state index contributed by atoms with van der Waals surface area (Å²) in [7, 11) is 0. The Morgan fingerprint density at radius 3 is 2.79 bits per heavy atom. The van der Waals surface area contributed by atoms with Crippen LogP contribution in [0.4, 0.5) is 0 Å². The predicted octanol–water partition coefficient (Wildman–Crippen LogP) is 2.51. The third-order valence-corrected chi connectivity index (χ3v) is 2.00. The maximum atomic E-state index is 4.99. The first kappa shape index (κ1) is 9.02. The number of rotatable bonds is 1. The molecular formula is C10H9N3S. The molecule has 14 heavy (non-hydrogen) atoms. The fourth-order valence-electron chi connectivity index (χ4n) is 1.22. The van der Waals surface area contributed by atoms with Gasteiger partial charge in [-0.15, -0.1) is 0 Å². The molecule has 0 radical (unpaired) electrons. The molecule has 0 aliphatic heterocycles. The fraction of sp³-hybridized carbons (Fsp3) is 0.100. The Bertz CT molecular complexity index is 490. The Morgan fingerprint density at radius 1 is 1.29 bits per heavy atom. The summed E-state index contributed by atoms with van der Waals surface area (Å²) in [6.45, 7) is 1.95. The van der Waals surface area contributed by atoms with Gasteiger partial charge < -0.3 is 4.98 Å². The number of aryl methyl sites for hydroxylation is 1. The minimum absolute atomic E-state index is 0.491. The number of nitrogens with one attached hydrogen (secondary N) is 1. The lowest BCUT2D eigenvalue weighted by molar-refractivity contribution is 1.07. The first-order valence-electron chi connectivity index (χ1n) is 4.25. The van der Waals surface area contributed by atoms with Crippen LogP contribution in [0.25, 0.3) is 11.4 Å². The van der Waals surface area contributed by atoms with Crippen molar-refractivity contribution >= 4 is 12.2 Å². The van der Waals surface area contributed by atoms with Gasteiger partial charge in [-0.25, -0.2) is 4.98 Å². The van der Waals surface area contributed by atoms with Crippen molar-refractivity contribution < 1.29 is 0 Å². The molecule has 0 aliphatic carbocycles. The highest BCUT2D eigenvalue weighted by molar-refractivity contribution is 7.71. The van der Waals surface area contributed by atoms with Gasteiger partial charge in [0.1, 0.15) is 0 Å². The summed E-state index contributed by atoms with van der Waals surface area (Å²) < 4.78 is 0.491. The molecule has 0 aliphatic rings. The summed E-state index contributed by atoms with van der Waals surface area (Å²) in [5.74, 6) is 0. The largest absolute Gasteiger partial charge is 0.335 e. The maximum Gasteiger partial charge on any atom is 0.197 e. The van der Waals surface area contributed by atoms with Crippen LogP contribution in [0, 0.1) is 11.7 Å². The van der Waals surface area contributed by atoms with E-state index in [-0.39, 0.29) is 0 Å². The van der Waals surface area contributed by atoms with E-state index in [0.717, 1.165) is 17.1 Å². The number of nitrogens with zero attached hydrogens (tertiary/aromatic N) is 2. The highest BCUT2D eigenvalue weighted by Crippen LogP contribution is 2.12. The van der Waals surface area contributed by atoms with Crippen molar-refractivity contribution in [1.29, 1.82) is 0 Å². The Labute approximate surface area is 86.9 Å². The monoisotopic (exact) mass is 203 g/mol. The van der Waals surface area contributed by atoms with Crippen molar-refractivity contribution in [2.45, 2.75) is 6.92 Å². The molecule has 2 aromatic heterocycles. The first-order chi connectivity index (χ1) is 6.75. The van der Waals surface area contributed by atoms with E-state index in [1.165, 1.54) is 0 Å². The van der Waals surface area contributed by atoms with Gasteiger partial charge in [-0.1, -0.05) is 6.07 Å². The molecule has 0 saturated carbocycles. The first-order valence-corrected chi connectivity index (χ1v) is 4.66. The van der Waals surface area contributed by atoms with Crippen LogP contribution in [-0.4, -0.2) is 15.0 Å². The second kappa shape index (κ2) is 3.67. The van der Waals surface area contributed by atoms with Gasteiger partial charge in [-0.05, 0) is 37.3 Å². The van der Waals surface area contributed by atoms with Crippen LogP contribution in [0.15, 0.2) is 30.5 Å². The van der Waals surface area contributed by atoms with Gasteiger partial charge in [0.25, 0.3) is 0 Å². The Hall–Kier alpha value is -1.55. The summed E-state index contributed by atoms with van der Waals surface area (Å²) in [4.78, 5) is 11.4. The average Bonchev–Trinajstić information content (AvgIpc) is 2.18. The molecule has 0 atom stereocenters. The van der Waals surface area contributed by atoms with Crippen LogP contribution in [0.3, 0.4) is 0 Å². The maximum absolute atomic E-state index is 4.99. The van der Waals surface area contributed by atoms with E-state index >= 15 is 0 Å². The molecule has 0 aromatic carbocycles. The van der Waals surface area contributed by atoms with Gasteiger partial charge in [0.15, 0.2) is 4.77 Å². The lowest BCUT2D eigenvalue weighted by Crippen LogP contribution is -1.91. The van der Waals surface area contributed by atoms with Crippen LogP contribution in [0.5, 0.6) is 0 Å². The molecule has 0 fully saturated rings. The van der Waals surface area contributed by atoms with Gasteiger partial charge >= 0.3 is 0 Å². The second-order valence-corrected chi connectivity index (χ2v) is 3.36. The highest BCUT2D eigenvalue weighted by Gasteiger charge is 1.99. The van der Waals surface area contributed by atoms with Gasteiger partial charge in [0.2, 0.25) is 0 Å². The molecule has 0 spiro atoms. The molecule has 0 bridgehead atoms. The second-order valence-electron chi connectivity index (χ2n) is 2.97. The summed E-state index contributed by atoms with van der Waals surface area (Å²) in [6, 6.07) is 7.65. The molecule has 0 amide bonds. The molecule has 4 heteroatoms. The quantitative estimate of drug-likeness (QED) is 0.724. The smallest absolute Gasteiger partial charge is 0.197 e. The summed E-state index contributed by atoms with van der Waals surface area (Å²) in [5.41, 5.74) is 2.65. The van der Waals surface area contributed by atoms with Crippen LogP contribution in [-0.2, 0) is 0 Å². The summed E-state index contributed by atoms with van der Waals surface area (Å²) in [5, 5.41) is 0. The van der Waals surface area contributed by atoms with Crippen molar-refractivity contribution in [2.24, 2.45) is 0 Å². The van der Waals surface area contributed by atoms with Gasteiger partial charge in [0, 0.05) is 11.9 Å². The van der Waals surface area contributed by atoms with Crippen LogP contribution >= 0.6 is 12.2 Å². The Balaban J connectivity index is 2.58. The third-order valence-electron chi connectivity index (χ3n) is 1.81. The van der Waals surface area contributed by atoms with E-state index < -0.39 is 0 Å². The van der Waals surface area contributed by atoms with Crippen molar-refractivity contribution in [2.75, 3.05) is 0 Å². The SMILES string of the molecule is Cc1cc(-c2ccccn2)nc(=S)[nH]1. The Kier molecular flexibility index (Phi) is 2.37. The van der Waals surface area contributed by atoms with Crippen molar-refractivity contribution in [1.82, 2.24) is 15.0 Å². The summed E-state index contributed by atoms with van der Waals surface area (Å²) >= 11 is 4.99. The van der Waals surface area contributed by atoms with Crippen LogP contribution < -0.4 is 0 Å². The highest BCUT2D eigenvalue weighted by atomic mass is 32.1. The number of hydrogen-bond acceptors (Lipinski definition) is 3. The number of aromatic nitrogens is 3. The number of hydrogen-bond donors (Lipinski definition) is 1. The minimum Gasteiger partial charge on any atom is -0.335 e. The van der Waals surface area contributed by atoms with Gasteiger partial charge in [0.05, 0.1) is 11.4 Å². The van der Waals surface area contributed by atoms with E-state index in [4.69, 9.17) is 12.2 Å². The molecule has 0 unspecified atom stereocenters. The van der Waals surface area contributed by atoms with E-state index in [1.54, 1.807) is 6.20 Å². The molecule has 3 nitrogen and oxygen atoms in total. The van der Waals surface area contributed by atoms with Crippen molar-refractivity contribution in [3.63, 3.8) is 0 Å². The molecule has 2 aromatic rings. The zero-order valence-corrected chi connectivity index (χ0v) is 8.51. The Morgan fingerprint density at radius 2 is 2.14 bits per heavy atom. The normalized spacial score (nSPS) is 10.1. The van der Waals surface area contributed by atoms with E-state index in [9.17, 15) is 0 Å². The van der Waals surface area contributed by atoms with Gasteiger partial charge in [-0.3, -0.25) is 4.98 Å². The molecular weight excluding hydrogens is 194 g/mol. The molecule has 1 N–H and O–H groups in total. The topological polar surface area (TPSA) is 41.6 Å². The molecule has 2 rings (SSSR count). The van der Waals surface area contributed by atoms with Gasteiger partial charge in [-0.2, -0.15) is 0 Å². The standard InChI is InChI=1S/C10H9N3S/c1-7-6-9(13-10(14)12-7)8-4-2-3-5-11-8/h2-6H,1H3,(H,12,13,14). The van der Waals surface area contributed by atoms with E-state index in [0.29, 0.717) is 4.77 Å². The average molecular weight is 203 g/mol. The summed E-state index contributed by atoms with van der Waals surface area (Å²) in [6.07, 6.45) is 1.74. The van der Waals surface area contributed by atoms with Crippen LogP contribution in [0.2, 0.25) is 0 Å². The lowest BCUT2D eigenvalue weighted by atomic mass is 10.2. The minimum atomic E-state index is 0.491. The van der Waals surface area contributed by atoms with Crippen molar-refractivity contribution in [3.8, 4) is 11.4 Å². The third kappa shape index (κ3) is 1.85. The zero-order chi connectivity index (χ0) is 9.97. The number of aromatic amines is 1. The molecule has 70 valence electrons. The van der Waals surface area contributed by atoms with Crippen LogP contribution in [0.1, 0.15) is 5.69 Å². The fourth-order valence-corrected chi connectivity index (χ4v) is 1.48. The van der Waals surface area contributed by atoms with Crippen molar-refractivity contribution in [3.05, 3.63) is 40.9 Å². The van der Waals surface area contributed by atoms with E-state index in [1.807, 2.05) is 31.2 Å².